The average Bonchev–Trinajstić information content (AvgIpc) is 3.14. The van der Waals surface area contributed by atoms with E-state index in [1.54, 1.807) is 4.90 Å². The summed E-state index contributed by atoms with van der Waals surface area (Å²) in [6.45, 7) is 8.49. The minimum atomic E-state index is -0.193. The van der Waals surface area contributed by atoms with Crippen LogP contribution in [0.25, 0.3) is 0 Å². The van der Waals surface area contributed by atoms with Gasteiger partial charge in [-0.15, -0.1) is 24.0 Å². The van der Waals surface area contributed by atoms with Crippen LogP contribution in [0.3, 0.4) is 0 Å². The highest BCUT2D eigenvalue weighted by atomic mass is 127. The molecule has 0 aromatic rings. The summed E-state index contributed by atoms with van der Waals surface area (Å²) in [7, 11) is 1.81. The molecule has 2 aliphatic heterocycles. The molecule has 26 heavy (non-hydrogen) atoms. The molecule has 2 fully saturated rings. The first-order valence-electron chi connectivity index (χ1n) is 9.84. The quantitative estimate of drug-likeness (QED) is 0.253. The fraction of sp³-hybridized carbons (Fsp3) is 0.889. The van der Waals surface area contributed by atoms with E-state index in [4.69, 9.17) is 4.74 Å². The summed E-state index contributed by atoms with van der Waals surface area (Å²) >= 11 is 0. The van der Waals surface area contributed by atoms with Gasteiger partial charge < -0.3 is 25.2 Å². The average molecular weight is 481 g/mol. The third kappa shape index (κ3) is 8.28. The van der Waals surface area contributed by atoms with Crippen molar-refractivity contribution in [2.45, 2.75) is 51.5 Å². The van der Waals surface area contributed by atoms with Gasteiger partial charge in [0.2, 0.25) is 0 Å². The van der Waals surface area contributed by atoms with Crippen molar-refractivity contribution >= 4 is 36.0 Å². The van der Waals surface area contributed by atoms with Crippen molar-refractivity contribution in [2.24, 2.45) is 4.99 Å². The number of aliphatic imine (C=N–C) groups is 1. The van der Waals surface area contributed by atoms with Crippen molar-refractivity contribution in [1.29, 1.82) is 0 Å². The van der Waals surface area contributed by atoms with Crippen LogP contribution in [0.5, 0.6) is 0 Å². The van der Waals surface area contributed by atoms with E-state index in [-0.39, 0.29) is 30.1 Å². The van der Waals surface area contributed by atoms with Gasteiger partial charge in [0.25, 0.3) is 0 Å². The lowest BCUT2D eigenvalue weighted by atomic mass is 10.1. The molecule has 8 heteroatoms. The Bertz CT molecular complexity index is 422. The monoisotopic (exact) mass is 481 g/mol. The molecule has 0 unspecified atom stereocenters. The summed E-state index contributed by atoms with van der Waals surface area (Å²) in [5.41, 5.74) is 0. The van der Waals surface area contributed by atoms with E-state index in [1.807, 2.05) is 14.0 Å². The highest BCUT2D eigenvalue weighted by Crippen LogP contribution is 2.11. The molecule has 152 valence electrons. The van der Waals surface area contributed by atoms with Gasteiger partial charge in [-0.05, 0) is 65.1 Å². The van der Waals surface area contributed by atoms with E-state index >= 15 is 0 Å². The molecule has 2 heterocycles. The smallest absolute Gasteiger partial charge is 0.409 e. The number of guanidine groups is 1. The number of likely N-dealkylation sites (tertiary alicyclic amines) is 2. The maximum absolute atomic E-state index is 11.7. The lowest BCUT2D eigenvalue weighted by Crippen LogP contribution is -2.50. The highest BCUT2D eigenvalue weighted by molar-refractivity contribution is 14.0. The number of hydrogen-bond acceptors (Lipinski definition) is 4. The summed E-state index contributed by atoms with van der Waals surface area (Å²) < 4.78 is 5.06. The molecule has 2 aliphatic rings. The topological polar surface area (TPSA) is 69.2 Å². The SMILES string of the molecule is CCOC(=O)N1CCC(NC(=NC)NCCCCN2CCCC2)CC1.I. The molecule has 0 aliphatic carbocycles. The van der Waals surface area contributed by atoms with Gasteiger partial charge >= 0.3 is 6.09 Å². The van der Waals surface area contributed by atoms with Crippen LogP contribution in [0.2, 0.25) is 0 Å². The summed E-state index contributed by atoms with van der Waals surface area (Å²) in [5, 5.41) is 6.89. The molecular formula is C18H36IN5O2. The van der Waals surface area contributed by atoms with Crippen LogP contribution in [-0.4, -0.2) is 80.8 Å². The van der Waals surface area contributed by atoms with E-state index in [1.165, 1.54) is 45.3 Å². The Morgan fingerprint density at radius 2 is 1.85 bits per heavy atom. The first-order valence-corrected chi connectivity index (χ1v) is 9.84. The third-order valence-electron chi connectivity index (χ3n) is 4.98. The second kappa shape index (κ2) is 13.4. The van der Waals surface area contributed by atoms with Gasteiger partial charge in [0.1, 0.15) is 0 Å². The van der Waals surface area contributed by atoms with Crippen LogP contribution in [0.15, 0.2) is 4.99 Å². The Kier molecular flexibility index (Phi) is 12.0. The van der Waals surface area contributed by atoms with Gasteiger partial charge in [-0.2, -0.15) is 0 Å². The van der Waals surface area contributed by atoms with E-state index < -0.39 is 0 Å². The van der Waals surface area contributed by atoms with Crippen molar-refractivity contribution in [3.63, 3.8) is 0 Å². The van der Waals surface area contributed by atoms with Gasteiger partial charge in [0, 0.05) is 32.7 Å². The highest BCUT2D eigenvalue weighted by Gasteiger charge is 2.23. The maximum Gasteiger partial charge on any atom is 0.409 e. The third-order valence-corrected chi connectivity index (χ3v) is 4.98. The first kappa shape index (κ1) is 23.3. The van der Waals surface area contributed by atoms with Crippen molar-refractivity contribution in [3.8, 4) is 0 Å². The zero-order chi connectivity index (χ0) is 17.9. The fourth-order valence-electron chi connectivity index (χ4n) is 3.48. The van der Waals surface area contributed by atoms with Crippen LogP contribution in [0, 0.1) is 0 Å². The lowest BCUT2D eigenvalue weighted by molar-refractivity contribution is 0.0963. The van der Waals surface area contributed by atoms with Crippen LogP contribution in [-0.2, 0) is 4.74 Å². The maximum atomic E-state index is 11.7. The molecule has 0 spiro atoms. The second-order valence-corrected chi connectivity index (χ2v) is 6.86. The Hall–Kier alpha value is -0.770. The molecule has 7 nitrogen and oxygen atoms in total. The van der Waals surface area contributed by atoms with E-state index in [2.05, 4.69) is 20.5 Å². The largest absolute Gasteiger partial charge is 0.450 e. The molecule has 2 saturated heterocycles. The van der Waals surface area contributed by atoms with Crippen molar-refractivity contribution < 1.29 is 9.53 Å². The Labute approximate surface area is 175 Å². The first-order chi connectivity index (χ1) is 12.2. The molecule has 0 bridgehead atoms. The van der Waals surface area contributed by atoms with Gasteiger partial charge in [0.05, 0.1) is 6.61 Å². The molecule has 1 amide bonds. The fourth-order valence-corrected chi connectivity index (χ4v) is 3.48. The van der Waals surface area contributed by atoms with Crippen LogP contribution >= 0.6 is 24.0 Å². The number of unbranched alkanes of at least 4 members (excludes halogenated alkanes) is 1. The molecule has 0 aromatic heterocycles. The molecule has 0 atom stereocenters. The van der Waals surface area contributed by atoms with Crippen LogP contribution in [0.4, 0.5) is 4.79 Å². The van der Waals surface area contributed by atoms with E-state index in [0.29, 0.717) is 12.6 Å². The lowest BCUT2D eigenvalue weighted by Gasteiger charge is -2.32. The van der Waals surface area contributed by atoms with Gasteiger partial charge in [0.15, 0.2) is 5.96 Å². The number of ether oxygens (including phenoxy) is 1. The zero-order valence-corrected chi connectivity index (χ0v) is 18.7. The summed E-state index contributed by atoms with van der Waals surface area (Å²) in [6.07, 6.45) is 6.79. The molecule has 0 radical (unpaired) electrons. The number of rotatable bonds is 7. The minimum Gasteiger partial charge on any atom is -0.450 e. The minimum absolute atomic E-state index is 0. The Balaban J connectivity index is 0.00000338. The number of carbonyl (C=O) groups excluding carboxylic acids is 1. The van der Waals surface area contributed by atoms with Crippen LogP contribution in [0.1, 0.15) is 45.4 Å². The second-order valence-electron chi connectivity index (χ2n) is 6.86. The zero-order valence-electron chi connectivity index (χ0n) is 16.3. The summed E-state index contributed by atoms with van der Waals surface area (Å²) in [5.74, 6) is 0.871. The molecule has 2 rings (SSSR count). The standard InChI is InChI=1S/C18H35N5O2.HI/c1-3-25-18(24)23-14-8-16(9-15-23)21-17(19-2)20-10-4-5-11-22-12-6-7-13-22;/h16H,3-15H2,1-2H3,(H2,19,20,21);1H. The molecule has 0 saturated carbocycles. The van der Waals surface area contributed by atoms with Crippen molar-refractivity contribution in [3.05, 3.63) is 0 Å². The number of hydrogen-bond donors (Lipinski definition) is 2. The van der Waals surface area contributed by atoms with Crippen molar-refractivity contribution in [1.82, 2.24) is 20.4 Å². The Morgan fingerprint density at radius 3 is 2.46 bits per heavy atom. The molecule has 2 N–H and O–H groups in total. The molecule has 0 aromatic carbocycles. The summed E-state index contributed by atoms with van der Waals surface area (Å²) in [4.78, 5) is 20.4. The summed E-state index contributed by atoms with van der Waals surface area (Å²) in [6, 6.07) is 0.362. The van der Waals surface area contributed by atoms with E-state index in [9.17, 15) is 4.79 Å². The predicted octanol–water partition coefficient (Wildman–Crippen LogP) is 2.27. The molecular weight excluding hydrogens is 445 g/mol. The van der Waals surface area contributed by atoms with Gasteiger partial charge in [-0.3, -0.25) is 4.99 Å². The number of amides is 1. The van der Waals surface area contributed by atoms with Crippen LogP contribution < -0.4 is 10.6 Å². The number of carbonyl (C=O) groups is 1. The predicted molar refractivity (Wildman–Crippen MR) is 116 cm³/mol. The number of piperidine rings is 1. The normalized spacial score (nSPS) is 19.2. The Morgan fingerprint density at radius 1 is 1.15 bits per heavy atom. The number of nitrogens with one attached hydrogen (secondary N) is 2. The van der Waals surface area contributed by atoms with Crippen molar-refractivity contribution in [2.75, 3.05) is 52.9 Å². The van der Waals surface area contributed by atoms with E-state index in [0.717, 1.165) is 38.4 Å². The van der Waals surface area contributed by atoms with Gasteiger partial charge in [-0.25, -0.2) is 4.79 Å². The van der Waals surface area contributed by atoms with Gasteiger partial charge in [-0.1, -0.05) is 0 Å². The number of halogens is 1. The number of nitrogens with zero attached hydrogens (tertiary/aromatic N) is 3.